The fourth-order valence-electron chi connectivity index (χ4n) is 1.48. The van der Waals surface area contributed by atoms with Crippen molar-refractivity contribution in [2.45, 2.75) is 25.5 Å². The van der Waals surface area contributed by atoms with E-state index in [1.165, 1.54) is 4.90 Å². The highest BCUT2D eigenvalue weighted by Gasteiger charge is 2.37. The summed E-state index contributed by atoms with van der Waals surface area (Å²) in [7, 11) is 1.59. The van der Waals surface area contributed by atoms with Crippen LogP contribution in [0.2, 0.25) is 0 Å². The van der Waals surface area contributed by atoms with E-state index >= 15 is 0 Å². The van der Waals surface area contributed by atoms with Gasteiger partial charge in [0.25, 0.3) is 0 Å². The minimum Gasteiger partial charge on any atom is -0.439 e. The number of hydroxylamine groups is 2. The third-order valence-electron chi connectivity index (χ3n) is 2.67. The maximum atomic E-state index is 11.3. The summed E-state index contributed by atoms with van der Waals surface area (Å²) in [5.41, 5.74) is 0. The molecule has 1 heterocycles. The fraction of sp³-hybridized carbons (Fsp3) is 0.778. The van der Waals surface area contributed by atoms with Crippen LogP contribution in [0.3, 0.4) is 0 Å². The number of hydrogen-bond acceptors (Lipinski definition) is 4. The summed E-state index contributed by atoms with van der Waals surface area (Å²) in [5.74, 6) is -0.329. The monoisotopic (exact) mass is 214 g/mol. The van der Waals surface area contributed by atoms with Gasteiger partial charge in [-0.15, -0.1) is 0 Å². The second-order valence-electron chi connectivity index (χ2n) is 4.00. The Hall–Kier alpha value is -1.30. The molecule has 0 aromatic rings. The Labute approximate surface area is 87.4 Å². The van der Waals surface area contributed by atoms with Crippen molar-refractivity contribution in [1.82, 2.24) is 9.96 Å². The van der Waals surface area contributed by atoms with Gasteiger partial charge < -0.3 is 9.64 Å². The van der Waals surface area contributed by atoms with Gasteiger partial charge in [0.1, 0.15) is 0 Å². The summed E-state index contributed by atoms with van der Waals surface area (Å²) in [4.78, 5) is 24.0. The second kappa shape index (κ2) is 3.69. The van der Waals surface area contributed by atoms with E-state index in [1.807, 2.05) is 0 Å². The van der Waals surface area contributed by atoms with E-state index in [2.05, 4.69) is 0 Å². The molecule has 15 heavy (non-hydrogen) atoms. The van der Waals surface area contributed by atoms with E-state index in [4.69, 9.17) is 4.74 Å². The number of esters is 1. The van der Waals surface area contributed by atoms with Gasteiger partial charge in [-0.1, -0.05) is 0 Å². The van der Waals surface area contributed by atoms with Crippen LogP contribution >= 0.6 is 0 Å². The zero-order valence-electron chi connectivity index (χ0n) is 8.55. The molecular weight excluding hydrogens is 200 g/mol. The van der Waals surface area contributed by atoms with E-state index in [9.17, 15) is 14.8 Å². The van der Waals surface area contributed by atoms with Crippen LogP contribution in [-0.4, -0.2) is 47.0 Å². The van der Waals surface area contributed by atoms with Crippen molar-refractivity contribution in [2.75, 3.05) is 13.6 Å². The van der Waals surface area contributed by atoms with Gasteiger partial charge in [-0.3, -0.25) is 10.0 Å². The van der Waals surface area contributed by atoms with Gasteiger partial charge in [0, 0.05) is 20.0 Å². The number of amides is 2. The zero-order chi connectivity index (χ0) is 11.0. The summed E-state index contributed by atoms with van der Waals surface area (Å²) < 4.78 is 5.04. The smallest absolute Gasteiger partial charge is 0.346 e. The summed E-state index contributed by atoms with van der Waals surface area (Å²) in [5, 5.41) is 9.91. The van der Waals surface area contributed by atoms with Crippen LogP contribution in [0.5, 0.6) is 0 Å². The first-order valence-corrected chi connectivity index (χ1v) is 5.03. The number of urea groups is 1. The lowest BCUT2D eigenvalue weighted by Gasteiger charge is -2.34. The van der Waals surface area contributed by atoms with Crippen LogP contribution in [0.25, 0.3) is 0 Å². The van der Waals surface area contributed by atoms with Crippen molar-refractivity contribution in [3.05, 3.63) is 0 Å². The predicted octanol–water partition coefficient (Wildman–Crippen LogP) is 0.412. The molecule has 0 aromatic heterocycles. The number of hydrogen-bond donors (Lipinski definition) is 1. The van der Waals surface area contributed by atoms with E-state index in [1.54, 1.807) is 7.05 Å². The molecule has 2 aliphatic rings. The van der Waals surface area contributed by atoms with Crippen molar-refractivity contribution in [3.63, 3.8) is 0 Å². The molecule has 1 aliphatic carbocycles. The number of rotatable bonds is 2. The van der Waals surface area contributed by atoms with Crippen LogP contribution in [0, 0.1) is 5.92 Å². The SMILES string of the molecule is CN1CCC(OC(=O)C2CC2)N(O)C1=O. The molecule has 0 aromatic carbocycles. The van der Waals surface area contributed by atoms with Gasteiger partial charge in [-0.2, -0.15) is 5.06 Å². The molecule has 0 radical (unpaired) electrons. The van der Waals surface area contributed by atoms with Crippen LogP contribution < -0.4 is 0 Å². The first-order valence-electron chi connectivity index (χ1n) is 5.03. The minimum atomic E-state index is -0.818. The third-order valence-corrected chi connectivity index (χ3v) is 2.67. The summed E-state index contributed by atoms with van der Waals surface area (Å²) >= 11 is 0. The lowest BCUT2D eigenvalue weighted by molar-refractivity contribution is -0.205. The summed E-state index contributed by atoms with van der Waals surface area (Å²) in [6.07, 6.45) is 1.33. The van der Waals surface area contributed by atoms with Crippen LogP contribution in [-0.2, 0) is 9.53 Å². The molecule has 6 nitrogen and oxygen atoms in total. The average molecular weight is 214 g/mol. The Kier molecular flexibility index (Phi) is 2.52. The molecule has 1 saturated carbocycles. The third kappa shape index (κ3) is 2.04. The Bertz CT molecular complexity index is 290. The number of nitrogens with zero attached hydrogens (tertiary/aromatic N) is 2. The van der Waals surface area contributed by atoms with Crippen molar-refractivity contribution < 1.29 is 19.5 Å². The van der Waals surface area contributed by atoms with E-state index in [0.29, 0.717) is 18.0 Å². The lowest BCUT2D eigenvalue weighted by Crippen LogP contribution is -2.52. The quantitative estimate of drug-likeness (QED) is 0.534. The van der Waals surface area contributed by atoms with Crippen LogP contribution in [0.1, 0.15) is 19.3 Å². The highest BCUT2D eigenvalue weighted by atomic mass is 16.6. The largest absolute Gasteiger partial charge is 0.439 e. The van der Waals surface area contributed by atoms with Gasteiger partial charge in [0.2, 0.25) is 6.23 Å². The maximum absolute atomic E-state index is 11.3. The molecule has 6 heteroatoms. The molecule has 0 spiro atoms. The number of ether oxygens (including phenoxy) is 1. The number of carbonyl (C=O) groups is 2. The molecular formula is C9H14N2O4. The minimum absolute atomic E-state index is 0.0202. The molecule has 2 rings (SSSR count). The normalized spacial score (nSPS) is 26.8. The van der Waals surface area contributed by atoms with E-state index in [0.717, 1.165) is 12.8 Å². The van der Waals surface area contributed by atoms with Crippen molar-refractivity contribution >= 4 is 12.0 Å². The molecule has 1 N–H and O–H groups in total. The van der Waals surface area contributed by atoms with Crippen LogP contribution in [0.15, 0.2) is 0 Å². The molecule has 1 saturated heterocycles. The standard InChI is InChI=1S/C9H14N2O4/c1-10-5-4-7(11(14)9(10)13)15-8(12)6-2-3-6/h6-7,14H,2-5H2,1H3. The maximum Gasteiger partial charge on any atom is 0.346 e. The van der Waals surface area contributed by atoms with Gasteiger partial charge in [0.05, 0.1) is 5.92 Å². The Morgan fingerprint density at radius 2 is 2.13 bits per heavy atom. The van der Waals surface area contributed by atoms with Crippen molar-refractivity contribution in [1.29, 1.82) is 0 Å². The average Bonchev–Trinajstić information content (AvgIpc) is 3.02. The van der Waals surface area contributed by atoms with Crippen molar-refractivity contribution in [2.24, 2.45) is 5.92 Å². The first-order chi connectivity index (χ1) is 7.09. The molecule has 1 unspecified atom stereocenters. The van der Waals surface area contributed by atoms with E-state index < -0.39 is 12.3 Å². The second-order valence-corrected chi connectivity index (χ2v) is 4.00. The van der Waals surface area contributed by atoms with Gasteiger partial charge in [-0.25, -0.2) is 4.79 Å². The molecule has 0 bridgehead atoms. The highest BCUT2D eigenvalue weighted by Crippen LogP contribution is 2.31. The molecule has 1 aliphatic heterocycles. The van der Waals surface area contributed by atoms with Gasteiger partial charge in [-0.05, 0) is 12.8 Å². The Balaban J connectivity index is 1.91. The molecule has 84 valence electrons. The predicted molar refractivity (Wildman–Crippen MR) is 48.9 cm³/mol. The molecule has 1 atom stereocenters. The highest BCUT2D eigenvalue weighted by molar-refractivity contribution is 5.77. The van der Waals surface area contributed by atoms with Gasteiger partial charge >= 0.3 is 12.0 Å². The molecule has 2 amide bonds. The van der Waals surface area contributed by atoms with E-state index in [-0.39, 0.29) is 11.9 Å². The first kappa shape index (κ1) is 10.2. The van der Waals surface area contributed by atoms with Crippen molar-refractivity contribution in [3.8, 4) is 0 Å². The number of carbonyl (C=O) groups excluding carboxylic acids is 2. The Morgan fingerprint density at radius 3 is 2.73 bits per heavy atom. The van der Waals surface area contributed by atoms with Crippen LogP contribution in [0.4, 0.5) is 4.79 Å². The lowest BCUT2D eigenvalue weighted by atomic mass is 10.3. The summed E-state index contributed by atoms with van der Waals surface area (Å²) in [6, 6.07) is -0.533. The fourth-order valence-corrected chi connectivity index (χ4v) is 1.48. The zero-order valence-corrected chi connectivity index (χ0v) is 8.55. The molecule has 2 fully saturated rings. The Morgan fingerprint density at radius 1 is 1.47 bits per heavy atom. The summed E-state index contributed by atoms with van der Waals surface area (Å²) in [6.45, 7) is 0.485. The topological polar surface area (TPSA) is 70.1 Å². The van der Waals surface area contributed by atoms with Gasteiger partial charge in [0.15, 0.2) is 0 Å².